The fraction of sp³-hybridized carbons (Fsp3) is 0.286. The van der Waals surface area contributed by atoms with Crippen molar-refractivity contribution in [2.45, 2.75) is 19.4 Å². The van der Waals surface area contributed by atoms with Crippen LogP contribution in [0.2, 0.25) is 0 Å². The van der Waals surface area contributed by atoms with Gasteiger partial charge in [0.1, 0.15) is 17.4 Å². The van der Waals surface area contributed by atoms with Crippen molar-refractivity contribution in [1.29, 1.82) is 0 Å². The van der Waals surface area contributed by atoms with E-state index in [2.05, 4.69) is 21.2 Å². The Morgan fingerprint density at radius 1 is 1.32 bits per heavy atom. The van der Waals surface area contributed by atoms with Gasteiger partial charge in [-0.3, -0.25) is 0 Å². The Morgan fingerprint density at radius 3 is 2.53 bits per heavy atom. The molecule has 1 heterocycles. The van der Waals surface area contributed by atoms with Gasteiger partial charge in [-0.1, -0.05) is 22.9 Å². The Labute approximate surface area is 118 Å². The molecular weight excluding hydrogens is 316 g/mol. The van der Waals surface area contributed by atoms with E-state index in [1.165, 1.54) is 12.1 Å². The topological polar surface area (TPSA) is 25.2 Å². The lowest BCUT2D eigenvalue weighted by molar-refractivity contribution is 0.428. The highest BCUT2D eigenvalue weighted by Crippen LogP contribution is 2.27. The van der Waals surface area contributed by atoms with Crippen LogP contribution in [0.3, 0.4) is 0 Å². The Morgan fingerprint density at radius 2 is 2.00 bits per heavy atom. The van der Waals surface area contributed by atoms with Crippen molar-refractivity contribution in [3.05, 3.63) is 58.0 Å². The molecule has 1 aromatic carbocycles. The molecule has 0 aliphatic rings. The smallest absolute Gasteiger partial charge is 0.132 e. The molecule has 1 unspecified atom stereocenters. The molecular formula is C14H14BrF2NO. The zero-order chi connectivity index (χ0) is 13.8. The molecule has 0 spiro atoms. The van der Waals surface area contributed by atoms with Crippen molar-refractivity contribution in [3.8, 4) is 0 Å². The molecule has 1 aromatic heterocycles. The number of hydrogen-bond acceptors (Lipinski definition) is 2. The quantitative estimate of drug-likeness (QED) is 0.888. The molecule has 2 rings (SSSR count). The van der Waals surface area contributed by atoms with Gasteiger partial charge >= 0.3 is 0 Å². The average molecular weight is 330 g/mol. The number of nitrogens with one attached hydrogen (secondary N) is 1. The normalized spacial score (nSPS) is 12.6. The molecule has 19 heavy (non-hydrogen) atoms. The summed E-state index contributed by atoms with van der Waals surface area (Å²) in [5.41, 5.74) is 0.0430. The first-order chi connectivity index (χ1) is 9.11. The van der Waals surface area contributed by atoms with Gasteiger partial charge in [0.05, 0.1) is 6.26 Å². The van der Waals surface area contributed by atoms with Gasteiger partial charge < -0.3 is 9.73 Å². The molecule has 0 aliphatic carbocycles. The van der Waals surface area contributed by atoms with Gasteiger partial charge in [-0.25, -0.2) is 8.78 Å². The number of rotatable bonds is 5. The highest BCUT2D eigenvalue weighted by molar-refractivity contribution is 9.10. The van der Waals surface area contributed by atoms with E-state index in [9.17, 15) is 8.78 Å². The van der Waals surface area contributed by atoms with Gasteiger partial charge in [-0.15, -0.1) is 0 Å². The lowest BCUT2D eigenvalue weighted by atomic mass is 10.0. The summed E-state index contributed by atoms with van der Waals surface area (Å²) >= 11 is 3.08. The van der Waals surface area contributed by atoms with E-state index in [0.717, 1.165) is 0 Å². The molecule has 0 amide bonds. The van der Waals surface area contributed by atoms with E-state index in [1.54, 1.807) is 18.4 Å². The Hall–Kier alpha value is -1.20. The summed E-state index contributed by atoms with van der Waals surface area (Å²) in [5.74, 6) is -0.443. The first kappa shape index (κ1) is 14.2. The van der Waals surface area contributed by atoms with Gasteiger partial charge in [0.2, 0.25) is 0 Å². The highest BCUT2D eigenvalue weighted by atomic mass is 79.9. The van der Waals surface area contributed by atoms with Gasteiger partial charge in [-0.05, 0) is 30.8 Å². The fourth-order valence-corrected chi connectivity index (χ4v) is 2.44. The van der Waals surface area contributed by atoms with Crippen LogP contribution in [0.25, 0.3) is 0 Å². The van der Waals surface area contributed by atoms with E-state index in [-0.39, 0.29) is 5.56 Å². The molecule has 102 valence electrons. The summed E-state index contributed by atoms with van der Waals surface area (Å²) in [4.78, 5) is 0. The van der Waals surface area contributed by atoms with E-state index < -0.39 is 17.7 Å². The zero-order valence-corrected chi connectivity index (χ0v) is 12.0. The first-order valence-electron chi connectivity index (χ1n) is 6.02. The summed E-state index contributed by atoms with van der Waals surface area (Å²) in [7, 11) is 0. The molecule has 0 aliphatic heterocycles. The summed E-state index contributed by atoms with van der Waals surface area (Å²) in [5, 5.41) is 3.08. The number of benzene rings is 1. The predicted octanol–water partition coefficient (Wildman–Crippen LogP) is 4.21. The van der Waals surface area contributed by atoms with Crippen LogP contribution in [-0.4, -0.2) is 6.54 Å². The van der Waals surface area contributed by atoms with Crippen LogP contribution in [0.4, 0.5) is 8.78 Å². The summed E-state index contributed by atoms with van der Waals surface area (Å²) in [6.07, 6.45) is 1.95. The third-order valence-corrected chi connectivity index (χ3v) is 3.29. The van der Waals surface area contributed by atoms with Crippen molar-refractivity contribution >= 4 is 15.9 Å². The van der Waals surface area contributed by atoms with Crippen molar-refractivity contribution < 1.29 is 13.2 Å². The third kappa shape index (κ3) is 3.42. The van der Waals surface area contributed by atoms with E-state index in [4.69, 9.17) is 4.42 Å². The predicted molar refractivity (Wildman–Crippen MR) is 72.9 cm³/mol. The van der Waals surface area contributed by atoms with Crippen molar-refractivity contribution in [3.63, 3.8) is 0 Å². The Balaban J connectivity index is 2.33. The third-order valence-electron chi connectivity index (χ3n) is 2.83. The highest BCUT2D eigenvalue weighted by Gasteiger charge is 2.21. The molecule has 2 nitrogen and oxygen atoms in total. The molecule has 1 N–H and O–H groups in total. The van der Waals surface area contributed by atoms with Crippen molar-refractivity contribution in [1.82, 2.24) is 5.32 Å². The minimum absolute atomic E-state index is 0.0430. The second-order valence-electron chi connectivity index (χ2n) is 4.18. The monoisotopic (exact) mass is 329 g/mol. The van der Waals surface area contributed by atoms with E-state index in [0.29, 0.717) is 23.2 Å². The summed E-state index contributed by atoms with van der Waals surface area (Å²) < 4.78 is 33.6. The molecule has 2 aromatic rings. The number of furan rings is 1. The van der Waals surface area contributed by atoms with Crippen molar-refractivity contribution in [2.75, 3.05) is 6.54 Å². The van der Waals surface area contributed by atoms with Gasteiger partial charge in [0, 0.05) is 22.5 Å². The summed E-state index contributed by atoms with van der Waals surface area (Å²) in [6.45, 7) is 2.50. The fourth-order valence-electron chi connectivity index (χ4n) is 2.04. The maximum absolute atomic E-state index is 14.0. The molecule has 1 atom stereocenters. The van der Waals surface area contributed by atoms with Crippen molar-refractivity contribution in [2.24, 2.45) is 0 Å². The summed E-state index contributed by atoms with van der Waals surface area (Å²) in [6, 6.07) is 5.63. The van der Waals surface area contributed by atoms with Crippen LogP contribution >= 0.6 is 15.9 Å². The number of halogens is 3. The van der Waals surface area contributed by atoms with Crippen LogP contribution in [0.1, 0.15) is 24.3 Å². The second kappa shape index (κ2) is 6.30. The zero-order valence-electron chi connectivity index (χ0n) is 10.4. The molecule has 0 saturated heterocycles. The molecule has 0 bridgehead atoms. The minimum atomic E-state index is -0.565. The van der Waals surface area contributed by atoms with E-state index in [1.807, 2.05) is 6.92 Å². The number of likely N-dealkylation sites (N-methyl/N-ethyl adjacent to an activating group) is 1. The minimum Gasteiger partial charge on any atom is -0.469 e. The van der Waals surface area contributed by atoms with E-state index >= 15 is 0 Å². The van der Waals surface area contributed by atoms with Crippen LogP contribution in [0.5, 0.6) is 0 Å². The lowest BCUT2D eigenvalue weighted by Gasteiger charge is -2.19. The Bertz CT molecular complexity index is 519. The lowest BCUT2D eigenvalue weighted by Crippen LogP contribution is -2.25. The maximum atomic E-state index is 14.0. The van der Waals surface area contributed by atoms with Crippen LogP contribution in [-0.2, 0) is 6.42 Å². The largest absolute Gasteiger partial charge is 0.469 e. The standard InChI is InChI=1S/C14H14BrF2NO/c1-2-18-13(8-10-4-3-5-19-10)14-11(16)6-9(15)7-12(14)17/h3-7,13,18H,2,8H2,1H3. The first-order valence-corrected chi connectivity index (χ1v) is 6.81. The molecule has 0 saturated carbocycles. The SMILES string of the molecule is CCNC(Cc1ccco1)c1c(F)cc(Br)cc1F. The second-order valence-corrected chi connectivity index (χ2v) is 5.09. The molecule has 0 fully saturated rings. The van der Waals surface area contributed by atoms with Gasteiger partial charge in [0.15, 0.2) is 0 Å². The average Bonchev–Trinajstić information content (AvgIpc) is 2.80. The van der Waals surface area contributed by atoms with Gasteiger partial charge in [0.25, 0.3) is 0 Å². The Kier molecular flexibility index (Phi) is 4.71. The van der Waals surface area contributed by atoms with Crippen LogP contribution < -0.4 is 5.32 Å². The van der Waals surface area contributed by atoms with Gasteiger partial charge in [-0.2, -0.15) is 0 Å². The molecule has 0 radical (unpaired) electrons. The van der Waals surface area contributed by atoms with Crippen LogP contribution in [0.15, 0.2) is 39.4 Å². The maximum Gasteiger partial charge on any atom is 0.132 e. The van der Waals surface area contributed by atoms with Crippen LogP contribution in [0, 0.1) is 11.6 Å². The number of hydrogen-bond donors (Lipinski definition) is 1. The molecule has 5 heteroatoms.